The number of likely N-dealkylation sites (tertiary alicyclic amines) is 1. The van der Waals surface area contributed by atoms with E-state index in [1.165, 1.54) is 0 Å². The first-order valence-electron chi connectivity index (χ1n) is 7.82. The maximum atomic E-state index is 9.39. The van der Waals surface area contributed by atoms with Crippen LogP contribution in [0.1, 0.15) is 30.7 Å². The lowest BCUT2D eigenvalue weighted by Crippen LogP contribution is -2.39. The summed E-state index contributed by atoms with van der Waals surface area (Å²) in [6.45, 7) is 4.30. The van der Waals surface area contributed by atoms with Crippen LogP contribution in [0.5, 0.6) is 0 Å². The van der Waals surface area contributed by atoms with Gasteiger partial charge in [0.2, 0.25) is 0 Å². The Morgan fingerprint density at radius 2 is 2.00 bits per heavy atom. The zero-order chi connectivity index (χ0) is 14.9. The van der Waals surface area contributed by atoms with Crippen LogP contribution in [0.4, 0.5) is 0 Å². The summed E-state index contributed by atoms with van der Waals surface area (Å²) in [7, 11) is 0. The van der Waals surface area contributed by atoms with E-state index in [1.807, 2.05) is 30.3 Å². The summed E-state index contributed by atoms with van der Waals surface area (Å²) >= 11 is 0. The van der Waals surface area contributed by atoms with Crippen LogP contribution in [0, 0.1) is 11.3 Å². The fraction of sp³-hybridized carbons (Fsp3) is 0.588. The highest BCUT2D eigenvalue weighted by Gasteiger charge is 2.22. The lowest BCUT2D eigenvalue weighted by molar-refractivity contribution is 0.00694. The number of rotatable bonds is 7. The van der Waals surface area contributed by atoms with E-state index in [0.717, 1.165) is 51.1 Å². The Morgan fingerprint density at radius 1 is 1.29 bits per heavy atom. The molecule has 0 aliphatic carbocycles. The summed E-state index contributed by atoms with van der Waals surface area (Å²) in [5.41, 5.74) is 6.59. The third-order valence-electron chi connectivity index (χ3n) is 4.04. The van der Waals surface area contributed by atoms with Gasteiger partial charge in [0.15, 0.2) is 0 Å². The number of piperidine rings is 1. The molecule has 1 atom stereocenters. The summed E-state index contributed by atoms with van der Waals surface area (Å²) in [5, 5.41) is 9.39. The van der Waals surface area contributed by atoms with E-state index in [1.54, 1.807) is 0 Å². The minimum Gasteiger partial charge on any atom is -0.378 e. The smallest absolute Gasteiger partial charge is 0.0839 e. The van der Waals surface area contributed by atoms with Crippen LogP contribution in [-0.2, 0) is 4.74 Å². The molecule has 1 aromatic rings. The molecular formula is C17H25N3O. The van der Waals surface area contributed by atoms with Gasteiger partial charge in [-0.25, -0.2) is 0 Å². The van der Waals surface area contributed by atoms with Crippen molar-refractivity contribution in [3.8, 4) is 6.07 Å². The van der Waals surface area contributed by atoms with Crippen LogP contribution in [0.25, 0.3) is 0 Å². The van der Waals surface area contributed by atoms with Gasteiger partial charge in [-0.2, -0.15) is 5.26 Å². The predicted octanol–water partition coefficient (Wildman–Crippen LogP) is 2.12. The topological polar surface area (TPSA) is 62.3 Å². The minimum absolute atomic E-state index is 0.0408. The molecule has 0 aromatic heterocycles. The highest BCUT2D eigenvalue weighted by molar-refractivity contribution is 5.25. The zero-order valence-corrected chi connectivity index (χ0v) is 12.6. The van der Waals surface area contributed by atoms with Crippen LogP contribution in [0.2, 0.25) is 0 Å². The third-order valence-corrected chi connectivity index (χ3v) is 4.04. The number of nitrogens with two attached hydrogens (primary N) is 1. The van der Waals surface area contributed by atoms with Crippen molar-refractivity contribution >= 4 is 0 Å². The second kappa shape index (κ2) is 8.78. The van der Waals surface area contributed by atoms with Gasteiger partial charge in [-0.15, -0.1) is 0 Å². The molecule has 2 rings (SSSR count). The SMILES string of the molecule is N#CC(CN1CCC(OCCCN)CC1)c1ccccc1. The van der Waals surface area contributed by atoms with E-state index in [9.17, 15) is 5.26 Å². The Morgan fingerprint density at radius 3 is 2.62 bits per heavy atom. The maximum Gasteiger partial charge on any atom is 0.0839 e. The molecule has 114 valence electrons. The molecule has 1 unspecified atom stereocenters. The maximum absolute atomic E-state index is 9.39. The molecular weight excluding hydrogens is 262 g/mol. The highest BCUT2D eigenvalue weighted by atomic mass is 16.5. The van der Waals surface area contributed by atoms with Crippen molar-refractivity contribution in [1.82, 2.24) is 4.90 Å². The average Bonchev–Trinajstić information content (AvgIpc) is 2.55. The van der Waals surface area contributed by atoms with Gasteiger partial charge < -0.3 is 15.4 Å². The molecule has 0 amide bonds. The fourth-order valence-corrected chi connectivity index (χ4v) is 2.76. The Kier molecular flexibility index (Phi) is 6.68. The molecule has 1 heterocycles. The quantitative estimate of drug-likeness (QED) is 0.780. The highest BCUT2D eigenvalue weighted by Crippen LogP contribution is 2.20. The molecule has 4 nitrogen and oxygen atoms in total. The van der Waals surface area contributed by atoms with Crippen molar-refractivity contribution in [2.45, 2.75) is 31.3 Å². The van der Waals surface area contributed by atoms with Crippen molar-refractivity contribution < 1.29 is 4.74 Å². The summed E-state index contributed by atoms with van der Waals surface area (Å²) in [6.07, 6.45) is 3.41. The molecule has 0 saturated carbocycles. The van der Waals surface area contributed by atoms with E-state index < -0.39 is 0 Å². The van der Waals surface area contributed by atoms with Crippen LogP contribution < -0.4 is 5.73 Å². The molecule has 0 spiro atoms. The van der Waals surface area contributed by atoms with Crippen molar-refractivity contribution in [3.05, 3.63) is 35.9 Å². The van der Waals surface area contributed by atoms with Crippen LogP contribution in [-0.4, -0.2) is 43.8 Å². The number of ether oxygens (including phenoxy) is 1. The fourth-order valence-electron chi connectivity index (χ4n) is 2.76. The van der Waals surface area contributed by atoms with E-state index in [-0.39, 0.29) is 5.92 Å². The predicted molar refractivity (Wildman–Crippen MR) is 83.9 cm³/mol. The summed E-state index contributed by atoms with van der Waals surface area (Å²) < 4.78 is 5.82. The average molecular weight is 287 g/mol. The van der Waals surface area contributed by atoms with Gasteiger partial charge in [-0.1, -0.05) is 30.3 Å². The van der Waals surface area contributed by atoms with Gasteiger partial charge >= 0.3 is 0 Å². The number of benzene rings is 1. The van der Waals surface area contributed by atoms with E-state index in [0.29, 0.717) is 12.6 Å². The largest absolute Gasteiger partial charge is 0.378 e. The molecule has 0 bridgehead atoms. The van der Waals surface area contributed by atoms with E-state index >= 15 is 0 Å². The lowest BCUT2D eigenvalue weighted by atomic mass is 9.98. The van der Waals surface area contributed by atoms with Gasteiger partial charge in [-0.3, -0.25) is 0 Å². The first kappa shape index (κ1) is 16.0. The van der Waals surface area contributed by atoms with Crippen molar-refractivity contribution in [1.29, 1.82) is 5.26 Å². The minimum atomic E-state index is -0.0408. The second-order valence-electron chi connectivity index (χ2n) is 5.61. The van der Waals surface area contributed by atoms with Gasteiger partial charge in [-0.05, 0) is 31.4 Å². The first-order chi connectivity index (χ1) is 10.3. The van der Waals surface area contributed by atoms with Gasteiger partial charge in [0, 0.05) is 26.2 Å². The Bertz CT molecular complexity index is 435. The van der Waals surface area contributed by atoms with E-state index in [4.69, 9.17) is 10.5 Å². The monoisotopic (exact) mass is 287 g/mol. The molecule has 21 heavy (non-hydrogen) atoms. The van der Waals surface area contributed by atoms with Crippen molar-refractivity contribution in [2.75, 3.05) is 32.8 Å². The van der Waals surface area contributed by atoms with E-state index in [2.05, 4.69) is 11.0 Å². The number of hydrogen-bond donors (Lipinski definition) is 1. The number of hydrogen-bond acceptors (Lipinski definition) is 4. The molecule has 1 saturated heterocycles. The molecule has 2 N–H and O–H groups in total. The molecule has 4 heteroatoms. The Balaban J connectivity index is 1.76. The van der Waals surface area contributed by atoms with Gasteiger partial charge in [0.25, 0.3) is 0 Å². The van der Waals surface area contributed by atoms with Crippen LogP contribution in [0.15, 0.2) is 30.3 Å². The number of nitrogens with zero attached hydrogens (tertiary/aromatic N) is 2. The van der Waals surface area contributed by atoms with Crippen molar-refractivity contribution in [3.63, 3.8) is 0 Å². The molecule has 1 aliphatic heterocycles. The normalized spacial score (nSPS) is 18.3. The lowest BCUT2D eigenvalue weighted by Gasteiger charge is -2.33. The number of nitriles is 1. The Hall–Kier alpha value is -1.41. The summed E-state index contributed by atoms with van der Waals surface area (Å²) in [5.74, 6) is -0.0408. The molecule has 1 aliphatic rings. The summed E-state index contributed by atoms with van der Waals surface area (Å²) in [4.78, 5) is 2.38. The first-order valence-corrected chi connectivity index (χ1v) is 7.82. The van der Waals surface area contributed by atoms with Crippen LogP contribution in [0.3, 0.4) is 0 Å². The van der Waals surface area contributed by atoms with Gasteiger partial charge in [0.05, 0.1) is 18.1 Å². The molecule has 0 radical (unpaired) electrons. The zero-order valence-electron chi connectivity index (χ0n) is 12.6. The Labute approximate surface area is 127 Å². The molecule has 1 fully saturated rings. The second-order valence-corrected chi connectivity index (χ2v) is 5.61. The van der Waals surface area contributed by atoms with Crippen molar-refractivity contribution in [2.24, 2.45) is 5.73 Å². The third kappa shape index (κ3) is 5.13. The summed E-state index contributed by atoms with van der Waals surface area (Å²) in [6, 6.07) is 12.5. The molecule has 1 aromatic carbocycles. The standard InChI is InChI=1S/C17H25N3O/c18-9-4-12-21-17-7-10-20(11-8-17)14-16(13-19)15-5-2-1-3-6-15/h1-3,5-6,16-17H,4,7-12,14,18H2. The van der Waals surface area contributed by atoms with Gasteiger partial charge in [0.1, 0.15) is 0 Å². The van der Waals surface area contributed by atoms with Crippen LogP contribution >= 0.6 is 0 Å².